The van der Waals surface area contributed by atoms with Gasteiger partial charge in [-0.15, -0.1) is 0 Å². The molecular weight excluding hydrogens is 204 g/mol. The fraction of sp³-hybridized carbons (Fsp3) is 0.636. The third kappa shape index (κ3) is 1.61. The topological polar surface area (TPSA) is 59.1 Å². The number of rotatable bonds is 3. The summed E-state index contributed by atoms with van der Waals surface area (Å²) in [6.07, 6.45) is 0. The molecule has 16 heavy (non-hydrogen) atoms. The predicted octanol–water partition coefficient (Wildman–Crippen LogP) is 0.423. The first-order valence-electron chi connectivity index (χ1n) is 5.65. The molecule has 0 aromatic carbocycles. The number of anilines is 1. The number of aryl methyl sites for hydroxylation is 1. The Hall–Kier alpha value is -1.36. The Balaban J connectivity index is 1.72. The number of aromatic nitrogens is 2. The van der Waals surface area contributed by atoms with E-state index in [2.05, 4.69) is 20.6 Å². The first kappa shape index (κ1) is 9.84. The zero-order valence-electron chi connectivity index (χ0n) is 9.53. The third-order valence-corrected chi connectivity index (χ3v) is 3.43. The Morgan fingerprint density at radius 1 is 1.38 bits per heavy atom. The largest absolute Gasteiger partial charge is 0.481 e. The van der Waals surface area contributed by atoms with Gasteiger partial charge in [0.15, 0.2) is 0 Å². The molecule has 2 fully saturated rings. The Morgan fingerprint density at radius 2 is 2.12 bits per heavy atom. The number of methoxy groups -OCH3 is 1. The SMILES string of the molecule is COc1cc(C)nc(NC2C3CNCC32)n1. The smallest absolute Gasteiger partial charge is 0.226 e. The number of hydrogen-bond donors (Lipinski definition) is 2. The van der Waals surface area contributed by atoms with Crippen LogP contribution in [0.3, 0.4) is 0 Å². The Morgan fingerprint density at radius 3 is 2.81 bits per heavy atom. The summed E-state index contributed by atoms with van der Waals surface area (Å²) < 4.78 is 5.13. The molecule has 0 spiro atoms. The molecule has 1 saturated heterocycles. The summed E-state index contributed by atoms with van der Waals surface area (Å²) in [5.41, 5.74) is 0.929. The second-order valence-electron chi connectivity index (χ2n) is 4.53. The molecule has 2 heterocycles. The van der Waals surface area contributed by atoms with Crippen molar-refractivity contribution < 1.29 is 4.74 Å². The van der Waals surface area contributed by atoms with Crippen molar-refractivity contribution in [3.05, 3.63) is 11.8 Å². The number of nitrogens with one attached hydrogen (secondary N) is 2. The molecule has 1 aromatic rings. The van der Waals surface area contributed by atoms with Gasteiger partial charge in [-0.05, 0) is 18.8 Å². The molecule has 1 aromatic heterocycles. The highest BCUT2D eigenvalue weighted by molar-refractivity contribution is 5.36. The molecule has 0 amide bonds. The fourth-order valence-electron chi connectivity index (χ4n) is 2.49. The summed E-state index contributed by atoms with van der Waals surface area (Å²) in [4.78, 5) is 8.66. The van der Waals surface area contributed by atoms with Crippen molar-refractivity contribution in [3.8, 4) is 5.88 Å². The van der Waals surface area contributed by atoms with Crippen LogP contribution >= 0.6 is 0 Å². The van der Waals surface area contributed by atoms with E-state index in [9.17, 15) is 0 Å². The summed E-state index contributed by atoms with van der Waals surface area (Å²) in [5, 5.41) is 6.76. The van der Waals surface area contributed by atoms with Gasteiger partial charge in [0.1, 0.15) is 0 Å². The molecule has 86 valence electrons. The van der Waals surface area contributed by atoms with Crippen molar-refractivity contribution in [2.45, 2.75) is 13.0 Å². The van der Waals surface area contributed by atoms with Crippen LogP contribution in [0.2, 0.25) is 0 Å². The van der Waals surface area contributed by atoms with E-state index in [-0.39, 0.29) is 0 Å². The van der Waals surface area contributed by atoms with E-state index in [1.165, 1.54) is 0 Å². The van der Waals surface area contributed by atoms with Crippen LogP contribution in [-0.2, 0) is 0 Å². The predicted molar refractivity (Wildman–Crippen MR) is 60.6 cm³/mol. The molecule has 5 nitrogen and oxygen atoms in total. The summed E-state index contributed by atoms with van der Waals surface area (Å²) in [6.45, 7) is 4.18. The van der Waals surface area contributed by atoms with Crippen LogP contribution in [0.25, 0.3) is 0 Å². The van der Waals surface area contributed by atoms with Crippen LogP contribution in [0.4, 0.5) is 5.95 Å². The van der Waals surface area contributed by atoms with Crippen LogP contribution < -0.4 is 15.4 Å². The van der Waals surface area contributed by atoms with Crippen LogP contribution in [0.15, 0.2) is 6.07 Å². The molecule has 1 aliphatic carbocycles. The average molecular weight is 220 g/mol. The number of fused-ring (bicyclic) bond motifs is 1. The Kier molecular flexibility index (Phi) is 2.21. The highest BCUT2D eigenvalue weighted by Crippen LogP contribution is 2.43. The maximum atomic E-state index is 5.13. The highest BCUT2D eigenvalue weighted by atomic mass is 16.5. The molecule has 1 aliphatic heterocycles. The van der Waals surface area contributed by atoms with E-state index in [1.54, 1.807) is 7.11 Å². The monoisotopic (exact) mass is 220 g/mol. The maximum Gasteiger partial charge on any atom is 0.226 e. The molecular formula is C11H16N4O. The van der Waals surface area contributed by atoms with Gasteiger partial charge in [0, 0.05) is 30.9 Å². The molecule has 3 rings (SSSR count). The first-order valence-corrected chi connectivity index (χ1v) is 5.65. The Bertz CT molecular complexity index is 399. The quantitative estimate of drug-likeness (QED) is 0.773. The van der Waals surface area contributed by atoms with Crippen molar-refractivity contribution in [2.75, 3.05) is 25.5 Å². The van der Waals surface area contributed by atoms with Gasteiger partial charge >= 0.3 is 0 Å². The fourth-order valence-corrected chi connectivity index (χ4v) is 2.49. The van der Waals surface area contributed by atoms with E-state index >= 15 is 0 Å². The second kappa shape index (κ2) is 3.59. The highest BCUT2D eigenvalue weighted by Gasteiger charge is 2.53. The minimum atomic E-state index is 0.549. The molecule has 2 N–H and O–H groups in total. The van der Waals surface area contributed by atoms with Gasteiger partial charge in [0.05, 0.1) is 7.11 Å². The number of ether oxygens (including phenoxy) is 1. The van der Waals surface area contributed by atoms with Gasteiger partial charge in [-0.25, -0.2) is 4.98 Å². The number of hydrogen-bond acceptors (Lipinski definition) is 5. The Labute approximate surface area is 94.6 Å². The summed E-state index contributed by atoms with van der Waals surface area (Å²) in [6, 6.07) is 2.38. The molecule has 2 atom stereocenters. The van der Waals surface area contributed by atoms with Crippen LogP contribution in [-0.4, -0.2) is 36.2 Å². The van der Waals surface area contributed by atoms with E-state index in [1.807, 2.05) is 13.0 Å². The molecule has 5 heteroatoms. The van der Waals surface area contributed by atoms with Gasteiger partial charge in [0.25, 0.3) is 0 Å². The maximum absolute atomic E-state index is 5.13. The van der Waals surface area contributed by atoms with Gasteiger partial charge in [-0.3, -0.25) is 0 Å². The summed E-state index contributed by atoms with van der Waals surface area (Å²) >= 11 is 0. The lowest BCUT2D eigenvalue weighted by molar-refractivity contribution is 0.397. The number of piperidine rings is 1. The van der Waals surface area contributed by atoms with E-state index in [0.717, 1.165) is 30.6 Å². The van der Waals surface area contributed by atoms with E-state index in [4.69, 9.17) is 4.74 Å². The van der Waals surface area contributed by atoms with Crippen molar-refractivity contribution in [1.29, 1.82) is 0 Å². The molecule has 2 unspecified atom stereocenters. The van der Waals surface area contributed by atoms with Crippen LogP contribution in [0, 0.1) is 18.8 Å². The molecule has 0 radical (unpaired) electrons. The lowest BCUT2D eigenvalue weighted by atomic mass is 10.4. The van der Waals surface area contributed by atoms with Crippen molar-refractivity contribution in [2.24, 2.45) is 11.8 Å². The zero-order chi connectivity index (χ0) is 11.1. The van der Waals surface area contributed by atoms with Gasteiger partial charge < -0.3 is 15.4 Å². The molecule has 0 bridgehead atoms. The first-order chi connectivity index (χ1) is 7.78. The van der Waals surface area contributed by atoms with Gasteiger partial charge in [-0.2, -0.15) is 4.98 Å². The van der Waals surface area contributed by atoms with E-state index in [0.29, 0.717) is 17.9 Å². The minimum absolute atomic E-state index is 0.549. The minimum Gasteiger partial charge on any atom is -0.481 e. The lowest BCUT2D eigenvalue weighted by Gasteiger charge is -2.09. The average Bonchev–Trinajstić information content (AvgIpc) is 2.74. The van der Waals surface area contributed by atoms with Crippen LogP contribution in [0.5, 0.6) is 5.88 Å². The zero-order valence-corrected chi connectivity index (χ0v) is 9.53. The number of nitrogens with zero attached hydrogens (tertiary/aromatic N) is 2. The van der Waals surface area contributed by atoms with E-state index < -0.39 is 0 Å². The second-order valence-corrected chi connectivity index (χ2v) is 4.53. The summed E-state index contributed by atoms with van der Waals surface area (Å²) in [7, 11) is 1.63. The van der Waals surface area contributed by atoms with Crippen molar-refractivity contribution >= 4 is 5.95 Å². The van der Waals surface area contributed by atoms with Crippen LogP contribution in [0.1, 0.15) is 5.69 Å². The van der Waals surface area contributed by atoms with Crippen molar-refractivity contribution in [1.82, 2.24) is 15.3 Å². The van der Waals surface area contributed by atoms with Gasteiger partial charge in [0.2, 0.25) is 11.8 Å². The summed E-state index contributed by atoms with van der Waals surface area (Å²) in [5.74, 6) is 2.83. The van der Waals surface area contributed by atoms with Crippen molar-refractivity contribution in [3.63, 3.8) is 0 Å². The van der Waals surface area contributed by atoms with Gasteiger partial charge in [-0.1, -0.05) is 0 Å². The normalized spacial score (nSPS) is 31.0. The standard InChI is InChI=1S/C11H16N4O/c1-6-3-9(16-2)14-11(13-6)15-10-7-4-12-5-8(7)10/h3,7-8,10,12H,4-5H2,1-2H3,(H,13,14,15). The molecule has 1 saturated carbocycles. The molecule has 2 aliphatic rings. The lowest BCUT2D eigenvalue weighted by Crippen LogP contribution is -2.22. The third-order valence-electron chi connectivity index (χ3n) is 3.43.